The Hall–Kier alpha value is -3.02. The fourth-order valence-corrected chi connectivity index (χ4v) is 4.89. The molecule has 0 aromatic heterocycles. The summed E-state index contributed by atoms with van der Waals surface area (Å²) in [6.45, 7) is 4.59. The summed E-state index contributed by atoms with van der Waals surface area (Å²) >= 11 is 0. The molecular weight excluding hydrogens is 480 g/mol. The first-order valence-electron chi connectivity index (χ1n) is 13.2. The molecule has 0 spiro atoms. The average molecular weight is 515 g/mol. The van der Waals surface area contributed by atoms with Crippen LogP contribution >= 0.6 is 0 Å². The lowest BCUT2D eigenvalue weighted by Gasteiger charge is -2.27. The lowest BCUT2D eigenvalue weighted by atomic mass is 9.79. The van der Waals surface area contributed by atoms with Gasteiger partial charge in [-0.2, -0.15) is 8.78 Å². The summed E-state index contributed by atoms with van der Waals surface area (Å²) in [5.41, 5.74) is 1.71. The second kappa shape index (κ2) is 12.5. The lowest BCUT2D eigenvalue weighted by Crippen LogP contribution is -2.13. The van der Waals surface area contributed by atoms with Crippen molar-refractivity contribution in [3.05, 3.63) is 82.9 Å². The summed E-state index contributed by atoms with van der Waals surface area (Å²) in [6.07, 6.45) is 6.53. The molecule has 6 heteroatoms. The molecule has 37 heavy (non-hydrogen) atoms. The van der Waals surface area contributed by atoms with Gasteiger partial charge in [-0.15, -0.1) is 0 Å². The van der Waals surface area contributed by atoms with Gasteiger partial charge in [0, 0.05) is 5.56 Å². The van der Waals surface area contributed by atoms with Crippen LogP contribution in [0.2, 0.25) is 0 Å². The molecule has 1 aliphatic carbocycles. The van der Waals surface area contributed by atoms with E-state index < -0.39 is 23.3 Å². The van der Waals surface area contributed by atoms with Crippen molar-refractivity contribution in [2.45, 2.75) is 71.3 Å². The van der Waals surface area contributed by atoms with Crippen LogP contribution in [0.5, 0.6) is 11.5 Å². The Morgan fingerprint density at radius 2 is 1.35 bits per heavy atom. The van der Waals surface area contributed by atoms with Crippen LogP contribution in [0.4, 0.5) is 17.6 Å². The second-order valence-electron chi connectivity index (χ2n) is 10.0. The fourth-order valence-electron chi connectivity index (χ4n) is 4.89. The maximum Gasteiger partial charge on any atom is 0.201 e. The summed E-state index contributed by atoms with van der Waals surface area (Å²) in [6, 6.07) is 12.7. The van der Waals surface area contributed by atoms with Gasteiger partial charge in [-0.1, -0.05) is 69.9 Å². The number of rotatable bonds is 10. The highest BCUT2D eigenvalue weighted by Crippen LogP contribution is 2.38. The molecule has 0 heterocycles. The highest BCUT2D eigenvalue weighted by molar-refractivity contribution is 5.65. The number of hydrogen-bond acceptors (Lipinski definition) is 2. The van der Waals surface area contributed by atoms with Crippen molar-refractivity contribution < 1.29 is 27.0 Å². The van der Waals surface area contributed by atoms with E-state index in [9.17, 15) is 17.6 Å². The molecular formula is C31H34F4O2. The van der Waals surface area contributed by atoms with E-state index in [1.807, 2.05) is 0 Å². The van der Waals surface area contributed by atoms with Crippen molar-refractivity contribution in [1.82, 2.24) is 0 Å². The number of unbranched alkanes of at least 4 members (excludes halogenated alkanes) is 2. The summed E-state index contributed by atoms with van der Waals surface area (Å²) < 4.78 is 69.6. The Labute approximate surface area is 216 Å². The molecule has 0 aliphatic heterocycles. The van der Waals surface area contributed by atoms with E-state index in [4.69, 9.17) is 9.47 Å². The Bertz CT molecular complexity index is 1180. The standard InChI is InChI=1S/C31H34F4O2/c1-3-4-5-18-36-26-16-14-25(28(32)30(26)34)23-12-8-21(9-13-23)19-37-27-17-15-24(29(33)31(27)35)22-10-6-20(2)7-11-22/h8-9,12-17,20,22H,3-7,10-11,18-19H2,1-2H3. The second-order valence-corrected chi connectivity index (χ2v) is 10.0. The van der Waals surface area contributed by atoms with E-state index in [2.05, 4.69) is 13.8 Å². The minimum absolute atomic E-state index is 0.0122. The van der Waals surface area contributed by atoms with Gasteiger partial charge in [0.05, 0.1) is 6.61 Å². The van der Waals surface area contributed by atoms with Crippen molar-refractivity contribution in [3.63, 3.8) is 0 Å². The maximum absolute atomic E-state index is 14.8. The zero-order valence-electron chi connectivity index (χ0n) is 21.5. The number of benzene rings is 3. The van der Waals surface area contributed by atoms with E-state index in [0.717, 1.165) is 44.9 Å². The highest BCUT2D eigenvalue weighted by Gasteiger charge is 2.25. The molecule has 1 saturated carbocycles. The van der Waals surface area contributed by atoms with Crippen LogP contribution in [0.15, 0.2) is 48.5 Å². The maximum atomic E-state index is 14.8. The Balaban J connectivity index is 1.39. The number of halogens is 4. The molecule has 0 amide bonds. The third kappa shape index (κ3) is 6.46. The van der Waals surface area contributed by atoms with Gasteiger partial charge in [0.1, 0.15) is 6.61 Å². The van der Waals surface area contributed by atoms with Gasteiger partial charge < -0.3 is 9.47 Å². The average Bonchev–Trinajstić information content (AvgIpc) is 2.91. The summed E-state index contributed by atoms with van der Waals surface area (Å²) in [4.78, 5) is 0. The largest absolute Gasteiger partial charge is 0.490 e. The molecule has 0 N–H and O–H groups in total. The normalized spacial score (nSPS) is 17.6. The third-order valence-corrected chi connectivity index (χ3v) is 7.24. The molecule has 1 fully saturated rings. The Kier molecular flexibility index (Phi) is 9.12. The summed E-state index contributed by atoms with van der Waals surface area (Å²) in [5, 5.41) is 0. The molecule has 0 saturated heterocycles. The molecule has 0 bridgehead atoms. The number of hydrogen-bond donors (Lipinski definition) is 0. The van der Waals surface area contributed by atoms with Gasteiger partial charge in [0.2, 0.25) is 11.6 Å². The first-order valence-corrected chi connectivity index (χ1v) is 13.2. The topological polar surface area (TPSA) is 18.5 Å². The molecule has 4 rings (SSSR count). The molecule has 0 radical (unpaired) electrons. The van der Waals surface area contributed by atoms with Crippen LogP contribution in [0.1, 0.15) is 75.8 Å². The van der Waals surface area contributed by atoms with Gasteiger partial charge in [-0.25, -0.2) is 8.78 Å². The van der Waals surface area contributed by atoms with Crippen LogP contribution in [0.25, 0.3) is 11.1 Å². The Morgan fingerprint density at radius 1 is 0.703 bits per heavy atom. The SMILES string of the molecule is CCCCCOc1ccc(-c2ccc(COc3ccc(C4CCC(C)CC4)c(F)c3F)cc2)c(F)c1F. The summed E-state index contributed by atoms with van der Waals surface area (Å²) in [5.74, 6) is -3.35. The molecule has 2 nitrogen and oxygen atoms in total. The van der Waals surface area contributed by atoms with Gasteiger partial charge in [-0.05, 0) is 66.0 Å². The number of ether oxygens (including phenoxy) is 2. The van der Waals surface area contributed by atoms with E-state index in [-0.39, 0.29) is 29.6 Å². The van der Waals surface area contributed by atoms with Gasteiger partial charge in [-0.3, -0.25) is 0 Å². The zero-order chi connectivity index (χ0) is 26.4. The van der Waals surface area contributed by atoms with Crippen molar-refractivity contribution in [2.24, 2.45) is 5.92 Å². The van der Waals surface area contributed by atoms with Gasteiger partial charge in [0.25, 0.3) is 0 Å². The lowest BCUT2D eigenvalue weighted by molar-refractivity contribution is 0.282. The molecule has 0 unspecified atom stereocenters. The fraction of sp³-hybridized carbons (Fsp3) is 0.419. The molecule has 0 atom stereocenters. The third-order valence-electron chi connectivity index (χ3n) is 7.24. The van der Waals surface area contributed by atoms with Crippen LogP contribution < -0.4 is 9.47 Å². The first kappa shape index (κ1) is 27.0. The minimum atomic E-state index is -1.01. The smallest absolute Gasteiger partial charge is 0.201 e. The first-order chi connectivity index (χ1) is 17.9. The van der Waals surface area contributed by atoms with Crippen molar-refractivity contribution in [2.75, 3.05) is 6.61 Å². The van der Waals surface area contributed by atoms with E-state index in [0.29, 0.717) is 29.2 Å². The monoisotopic (exact) mass is 514 g/mol. The predicted octanol–water partition coefficient (Wildman–Crippen LogP) is 9.35. The van der Waals surface area contributed by atoms with Crippen LogP contribution in [0.3, 0.4) is 0 Å². The quantitative estimate of drug-likeness (QED) is 0.198. The van der Waals surface area contributed by atoms with Crippen molar-refractivity contribution in [3.8, 4) is 22.6 Å². The van der Waals surface area contributed by atoms with Crippen molar-refractivity contribution in [1.29, 1.82) is 0 Å². The zero-order valence-corrected chi connectivity index (χ0v) is 21.5. The van der Waals surface area contributed by atoms with Crippen molar-refractivity contribution >= 4 is 0 Å². The van der Waals surface area contributed by atoms with E-state index in [1.165, 1.54) is 18.2 Å². The highest BCUT2D eigenvalue weighted by atomic mass is 19.2. The Morgan fingerprint density at radius 3 is 2.05 bits per heavy atom. The predicted molar refractivity (Wildman–Crippen MR) is 138 cm³/mol. The van der Waals surface area contributed by atoms with Crippen LogP contribution in [0, 0.1) is 29.2 Å². The summed E-state index contributed by atoms with van der Waals surface area (Å²) in [7, 11) is 0. The minimum Gasteiger partial charge on any atom is -0.490 e. The molecule has 3 aromatic rings. The van der Waals surface area contributed by atoms with E-state index in [1.54, 1.807) is 30.3 Å². The van der Waals surface area contributed by atoms with Crippen LogP contribution in [-0.2, 0) is 6.61 Å². The molecule has 198 valence electrons. The van der Waals surface area contributed by atoms with E-state index >= 15 is 0 Å². The molecule has 1 aliphatic rings. The van der Waals surface area contributed by atoms with Gasteiger partial charge >= 0.3 is 0 Å². The van der Waals surface area contributed by atoms with Crippen LogP contribution in [-0.4, -0.2) is 6.61 Å². The van der Waals surface area contributed by atoms with Gasteiger partial charge in [0.15, 0.2) is 23.1 Å². The molecule has 3 aromatic carbocycles.